The molecule has 362 valence electrons. The zero-order valence-electron chi connectivity index (χ0n) is 41.8. The van der Waals surface area contributed by atoms with Gasteiger partial charge in [0.1, 0.15) is 13.2 Å². The molecule has 3 atom stereocenters. The Morgan fingerprint density at radius 2 is 0.574 bits per heavy atom. The maximum atomic E-state index is 12.8. The normalized spacial score (nSPS) is 12.9. The van der Waals surface area contributed by atoms with Gasteiger partial charge in [0.15, 0.2) is 6.10 Å². The molecule has 0 bridgehead atoms. The van der Waals surface area contributed by atoms with E-state index >= 15 is 0 Å². The number of esters is 3. The minimum atomic E-state index is -0.762. The number of unbranched alkanes of at least 4 members (excludes halogenated alkanes) is 32. The van der Waals surface area contributed by atoms with Crippen molar-refractivity contribution in [1.29, 1.82) is 0 Å². The van der Waals surface area contributed by atoms with E-state index < -0.39 is 6.10 Å². The van der Waals surface area contributed by atoms with Gasteiger partial charge in [0.05, 0.1) is 0 Å². The smallest absolute Gasteiger partial charge is 0.306 e. The molecule has 0 heterocycles. The fourth-order valence-corrected chi connectivity index (χ4v) is 8.28. The third kappa shape index (κ3) is 46.2. The molecule has 2 unspecified atom stereocenters. The van der Waals surface area contributed by atoms with Crippen molar-refractivity contribution in [3.63, 3.8) is 0 Å². The Morgan fingerprint density at radius 1 is 0.328 bits per heavy atom. The second-order valence-corrected chi connectivity index (χ2v) is 19.4. The Hall–Kier alpha value is -1.59. The van der Waals surface area contributed by atoms with E-state index in [4.69, 9.17) is 14.2 Å². The largest absolute Gasteiger partial charge is 0.462 e. The zero-order valence-corrected chi connectivity index (χ0v) is 41.8. The molecule has 0 amide bonds. The number of carbonyl (C=O) groups excluding carboxylic acids is 3. The summed E-state index contributed by atoms with van der Waals surface area (Å²) in [4.78, 5) is 38.0. The monoisotopic (exact) mass is 863 g/mol. The van der Waals surface area contributed by atoms with Crippen molar-refractivity contribution in [2.45, 2.75) is 310 Å². The van der Waals surface area contributed by atoms with Crippen LogP contribution < -0.4 is 0 Å². The van der Waals surface area contributed by atoms with E-state index in [-0.39, 0.29) is 31.1 Å². The van der Waals surface area contributed by atoms with Crippen molar-refractivity contribution >= 4 is 17.9 Å². The fraction of sp³-hybridized carbons (Fsp3) is 0.945. The lowest BCUT2D eigenvalue weighted by atomic mass is 9.99. The molecule has 0 aliphatic heterocycles. The summed E-state index contributed by atoms with van der Waals surface area (Å²) in [6.07, 6.45) is 49.3. The van der Waals surface area contributed by atoms with Crippen LogP contribution in [0.25, 0.3) is 0 Å². The molecule has 6 heteroatoms. The number of hydrogen-bond donors (Lipinski definition) is 0. The highest BCUT2D eigenvalue weighted by atomic mass is 16.6. The first-order chi connectivity index (χ1) is 29.8. The highest BCUT2D eigenvalue weighted by Gasteiger charge is 2.19. The van der Waals surface area contributed by atoms with Crippen molar-refractivity contribution in [3.8, 4) is 0 Å². The molecular formula is C55H106O6. The summed E-state index contributed by atoms with van der Waals surface area (Å²) in [6, 6.07) is 0. The second kappa shape index (κ2) is 47.9. The van der Waals surface area contributed by atoms with E-state index in [2.05, 4.69) is 34.6 Å². The molecule has 0 saturated heterocycles. The van der Waals surface area contributed by atoms with Gasteiger partial charge in [-0.25, -0.2) is 0 Å². The molecule has 0 aromatic rings. The molecule has 0 spiro atoms. The third-order valence-electron chi connectivity index (χ3n) is 13.2. The van der Waals surface area contributed by atoms with Crippen molar-refractivity contribution in [3.05, 3.63) is 0 Å². The van der Waals surface area contributed by atoms with E-state index in [1.807, 2.05) is 0 Å². The van der Waals surface area contributed by atoms with Crippen LogP contribution in [0.3, 0.4) is 0 Å². The van der Waals surface area contributed by atoms with Crippen LogP contribution >= 0.6 is 0 Å². The Balaban J connectivity index is 4.33. The molecule has 0 aliphatic carbocycles. The number of ether oxygens (including phenoxy) is 3. The highest BCUT2D eigenvalue weighted by Crippen LogP contribution is 2.18. The average Bonchev–Trinajstić information content (AvgIpc) is 3.26. The number of carbonyl (C=O) groups is 3. The minimum absolute atomic E-state index is 0.0634. The number of hydrogen-bond acceptors (Lipinski definition) is 6. The molecule has 0 fully saturated rings. The van der Waals surface area contributed by atoms with Gasteiger partial charge >= 0.3 is 17.9 Å². The van der Waals surface area contributed by atoms with Gasteiger partial charge in [-0.2, -0.15) is 0 Å². The molecule has 6 nitrogen and oxygen atoms in total. The van der Waals surface area contributed by atoms with Gasteiger partial charge in [0.25, 0.3) is 0 Å². The maximum Gasteiger partial charge on any atom is 0.306 e. The third-order valence-corrected chi connectivity index (χ3v) is 13.2. The number of rotatable bonds is 49. The predicted octanol–water partition coefficient (Wildman–Crippen LogP) is 17.7. The van der Waals surface area contributed by atoms with Crippen molar-refractivity contribution < 1.29 is 28.6 Å². The quantitative estimate of drug-likeness (QED) is 0.0344. The Morgan fingerprint density at radius 3 is 0.852 bits per heavy atom. The maximum absolute atomic E-state index is 12.8. The Labute approximate surface area is 380 Å². The first kappa shape index (κ1) is 59.4. The summed E-state index contributed by atoms with van der Waals surface area (Å²) < 4.78 is 16.9. The summed E-state index contributed by atoms with van der Waals surface area (Å²) >= 11 is 0. The van der Waals surface area contributed by atoms with Crippen LogP contribution in [0.2, 0.25) is 0 Å². The summed E-state index contributed by atoms with van der Waals surface area (Å²) in [5.41, 5.74) is 0. The lowest BCUT2D eigenvalue weighted by Gasteiger charge is -2.18. The lowest BCUT2D eigenvalue weighted by molar-refractivity contribution is -0.167. The van der Waals surface area contributed by atoms with Gasteiger partial charge < -0.3 is 14.2 Å². The van der Waals surface area contributed by atoms with Crippen molar-refractivity contribution in [2.24, 2.45) is 11.8 Å². The van der Waals surface area contributed by atoms with Crippen LogP contribution in [-0.4, -0.2) is 37.2 Å². The van der Waals surface area contributed by atoms with Crippen LogP contribution in [-0.2, 0) is 28.6 Å². The fourth-order valence-electron chi connectivity index (χ4n) is 8.28. The Kier molecular flexibility index (Phi) is 46.6. The predicted molar refractivity (Wildman–Crippen MR) is 261 cm³/mol. The molecule has 61 heavy (non-hydrogen) atoms. The molecule has 0 aromatic carbocycles. The van der Waals surface area contributed by atoms with Crippen LogP contribution in [0.5, 0.6) is 0 Å². The van der Waals surface area contributed by atoms with Crippen LogP contribution in [0.15, 0.2) is 0 Å². The van der Waals surface area contributed by atoms with Gasteiger partial charge in [-0.15, -0.1) is 0 Å². The molecule has 0 radical (unpaired) electrons. The van der Waals surface area contributed by atoms with Crippen molar-refractivity contribution in [1.82, 2.24) is 0 Å². The van der Waals surface area contributed by atoms with Gasteiger partial charge in [-0.1, -0.05) is 266 Å². The van der Waals surface area contributed by atoms with Crippen molar-refractivity contribution in [2.75, 3.05) is 13.2 Å². The minimum Gasteiger partial charge on any atom is -0.462 e. The first-order valence-electron chi connectivity index (χ1n) is 27.3. The SMILES string of the molecule is CCCCCCCCCCCCCCCCCC(=O)OC[C@@H](COC(=O)CCCCCCCCCCCCC(C)CC)OC(=O)CCCCCCCCCCCCC(C)CC. The van der Waals surface area contributed by atoms with Gasteiger partial charge in [-0.3, -0.25) is 14.4 Å². The van der Waals surface area contributed by atoms with E-state index in [9.17, 15) is 14.4 Å². The summed E-state index contributed by atoms with van der Waals surface area (Å²) in [6.45, 7) is 11.4. The molecule has 0 aliphatic rings. The van der Waals surface area contributed by atoms with E-state index in [1.54, 1.807) is 0 Å². The standard InChI is InChI=1S/C55H106O6/c1-6-9-10-11-12-13-14-15-16-17-18-25-30-35-40-45-53(56)59-48-52(61-55(58)47-42-37-32-27-22-20-24-29-34-39-44-51(5)8-3)49-60-54(57)46-41-36-31-26-21-19-23-28-33-38-43-50(4)7-2/h50-52H,6-49H2,1-5H3/t50?,51?,52-/m0/s1. The topological polar surface area (TPSA) is 78.9 Å². The molecule has 0 saturated carbocycles. The van der Waals surface area contributed by atoms with Gasteiger partial charge in [-0.05, 0) is 31.1 Å². The average molecular weight is 863 g/mol. The van der Waals surface area contributed by atoms with E-state index in [1.165, 1.54) is 193 Å². The summed E-state index contributed by atoms with van der Waals surface area (Å²) in [5.74, 6) is 0.892. The van der Waals surface area contributed by atoms with E-state index in [0.29, 0.717) is 19.3 Å². The first-order valence-corrected chi connectivity index (χ1v) is 27.3. The molecule has 0 aromatic heterocycles. The summed E-state index contributed by atoms with van der Waals surface area (Å²) in [5, 5.41) is 0. The molecule has 0 N–H and O–H groups in total. The lowest BCUT2D eigenvalue weighted by Crippen LogP contribution is -2.30. The van der Waals surface area contributed by atoms with Crippen LogP contribution in [0, 0.1) is 11.8 Å². The zero-order chi connectivity index (χ0) is 44.7. The summed E-state index contributed by atoms with van der Waals surface area (Å²) in [7, 11) is 0. The van der Waals surface area contributed by atoms with Gasteiger partial charge in [0, 0.05) is 19.3 Å². The molecule has 0 rings (SSSR count). The van der Waals surface area contributed by atoms with Crippen LogP contribution in [0.4, 0.5) is 0 Å². The van der Waals surface area contributed by atoms with Gasteiger partial charge in [0.2, 0.25) is 0 Å². The van der Waals surface area contributed by atoms with E-state index in [0.717, 1.165) is 69.6 Å². The Bertz CT molecular complexity index is 935. The molecular weight excluding hydrogens is 757 g/mol. The van der Waals surface area contributed by atoms with Crippen LogP contribution in [0.1, 0.15) is 304 Å². The second-order valence-electron chi connectivity index (χ2n) is 19.4. The highest BCUT2D eigenvalue weighted by molar-refractivity contribution is 5.71.